The van der Waals surface area contributed by atoms with Gasteiger partial charge in [-0.25, -0.2) is 9.67 Å². The van der Waals surface area contributed by atoms with E-state index in [0.717, 1.165) is 12.4 Å². The van der Waals surface area contributed by atoms with Gasteiger partial charge >= 0.3 is 0 Å². The second kappa shape index (κ2) is 4.94. The van der Waals surface area contributed by atoms with E-state index in [1.165, 1.54) is 0 Å². The molecule has 5 heteroatoms. The van der Waals surface area contributed by atoms with E-state index in [4.69, 9.17) is 11.6 Å². The van der Waals surface area contributed by atoms with Crippen molar-refractivity contribution in [3.63, 3.8) is 0 Å². The molecule has 0 aliphatic carbocycles. The summed E-state index contributed by atoms with van der Waals surface area (Å²) < 4.78 is 1.88. The molecule has 0 amide bonds. The average molecular weight is 231 g/mol. The molecule has 1 unspecified atom stereocenters. The summed E-state index contributed by atoms with van der Waals surface area (Å²) in [5.41, 5.74) is -0.105. The van der Waals surface area contributed by atoms with Gasteiger partial charge in [0.25, 0.3) is 0 Å². The number of hydrogen-bond acceptors (Lipinski definition) is 3. The van der Waals surface area contributed by atoms with Crippen LogP contribution in [-0.4, -0.2) is 25.7 Å². The molecule has 86 valence electrons. The maximum absolute atomic E-state index is 6.08. The van der Waals surface area contributed by atoms with E-state index in [1.807, 2.05) is 18.5 Å². The van der Waals surface area contributed by atoms with E-state index >= 15 is 0 Å². The van der Waals surface area contributed by atoms with E-state index in [0.29, 0.717) is 6.54 Å². The van der Waals surface area contributed by atoms with Crippen LogP contribution in [0.3, 0.4) is 0 Å². The molecule has 1 atom stereocenters. The zero-order chi connectivity index (χ0) is 11.5. The maximum Gasteiger partial charge on any atom is 0.140 e. The summed E-state index contributed by atoms with van der Waals surface area (Å²) in [4.78, 5) is 4.20. The highest BCUT2D eigenvalue weighted by atomic mass is 35.5. The SMILES string of the molecule is CCn1ncnc1CNC(C)(C)C(C)Cl. The molecule has 4 nitrogen and oxygen atoms in total. The van der Waals surface area contributed by atoms with Gasteiger partial charge in [0.05, 0.1) is 6.54 Å². The Balaban J connectivity index is 2.57. The maximum atomic E-state index is 6.08. The fourth-order valence-electron chi connectivity index (χ4n) is 1.14. The quantitative estimate of drug-likeness (QED) is 0.785. The smallest absolute Gasteiger partial charge is 0.140 e. The van der Waals surface area contributed by atoms with Crippen LogP contribution in [0.25, 0.3) is 0 Å². The van der Waals surface area contributed by atoms with Gasteiger partial charge < -0.3 is 5.32 Å². The number of aryl methyl sites for hydroxylation is 1. The van der Waals surface area contributed by atoms with Gasteiger partial charge in [0, 0.05) is 17.5 Å². The zero-order valence-electron chi connectivity index (χ0n) is 9.79. The lowest BCUT2D eigenvalue weighted by Crippen LogP contribution is -2.45. The van der Waals surface area contributed by atoms with Crippen molar-refractivity contribution in [3.05, 3.63) is 12.2 Å². The van der Waals surface area contributed by atoms with Crippen LogP contribution in [0.4, 0.5) is 0 Å². The minimum Gasteiger partial charge on any atom is -0.303 e. The predicted octanol–water partition coefficient (Wildman–Crippen LogP) is 1.79. The molecule has 15 heavy (non-hydrogen) atoms. The monoisotopic (exact) mass is 230 g/mol. The molecule has 0 bridgehead atoms. The standard InChI is InChI=1S/C10H19ClN4/c1-5-15-9(12-7-14-15)6-13-10(3,4)8(2)11/h7-8,13H,5-6H2,1-4H3. The van der Waals surface area contributed by atoms with Crippen LogP contribution in [0.5, 0.6) is 0 Å². The molecule has 1 N–H and O–H groups in total. The van der Waals surface area contributed by atoms with Crippen LogP contribution in [0.1, 0.15) is 33.5 Å². The van der Waals surface area contributed by atoms with Crippen molar-refractivity contribution >= 4 is 11.6 Å². The van der Waals surface area contributed by atoms with Crippen molar-refractivity contribution in [2.75, 3.05) is 0 Å². The first-order chi connectivity index (χ1) is 6.97. The van der Waals surface area contributed by atoms with E-state index in [1.54, 1.807) is 6.33 Å². The molecular weight excluding hydrogens is 212 g/mol. The van der Waals surface area contributed by atoms with Crippen molar-refractivity contribution in [1.82, 2.24) is 20.1 Å². The first-order valence-corrected chi connectivity index (χ1v) is 5.66. The molecule has 0 aliphatic heterocycles. The first kappa shape index (κ1) is 12.5. The van der Waals surface area contributed by atoms with Gasteiger partial charge in [-0.3, -0.25) is 0 Å². The minimum atomic E-state index is -0.105. The van der Waals surface area contributed by atoms with E-state index in [-0.39, 0.29) is 10.9 Å². The summed E-state index contributed by atoms with van der Waals surface area (Å²) in [6.07, 6.45) is 1.58. The van der Waals surface area contributed by atoms with Gasteiger partial charge in [-0.05, 0) is 27.7 Å². The van der Waals surface area contributed by atoms with E-state index in [2.05, 4.69) is 29.2 Å². The Morgan fingerprint density at radius 2 is 2.27 bits per heavy atom. The lowest BCUT2D eigenvalue weighted by atomic mass is 10.0. The Morgan fingerprint density at radius 3 is 2.80 bits per heavy atom. The van der Waals surface area contributed by atoms with Crippen LogP contribution < -0.4 is 5.32 Å². The first-order valence-electron chi connectivity index (χ1n) is 5.23. The normalized spacial score (nSPS) is 14.2. The van der Waals surface area contributed by atoms with Gasteiger partial charge in [0.15, 0.2) is 0 Å². The molecule has 1 aromatic heterocycles. The highest BCUT2D eigenvalue weighted by Gasteiger charge is 2.23. The van der Waals surface area contributed by atoms with Crippen molar-refractivity contribution in [3.8, 4) is 0 Å². The van der Waals surface area contributed by atoms with Gasteiger partial charge in [0.1, 0.15) is 12.2 Å². The van der Waals surface area contributed by atoms with Crippen LogP contribution >= 0.6 is 11.6 Å². The highest BCUT2D eigenvalue weighted by molar-refractivity contribution is 6.21. The van der Waals surface area contributed by atoms with Crippen molar-refractivity contribution in [2.45, 2.75) is 51.7 Å². The fraction of sp³-hybridized carbons (Fsp3) is 0.800. The third-order valence-corrected chi connectivity index (χ3v) is 3.24. The van der Waals surface area contributed by atoms with Crippen molar-refractivity contribution in [1.29, 1.82) is 0 Å². The summed E-state index contributed by atoms with van der Waals surface area (Å²) in [6, 6.07) is 0. The molecule has 0 spiro atoms. The second-order valence-electron chi connectivity index (χ2n) is 4.18. The Labute approximate surface area is 96.0 Å². The van der Waals surface area contributed by atoms with Gasteiger partial charge in [-0.2, -0.15) is 5.10 Å². The Morgan fingerprint density at radius 1 is 1.60 bits per heavy atom. The molecule has 0 aromatic carbocycles. The number of hydrogen-bond donors (Lipinski definition) is 1. The van der Waals surface area contributed by atoms with E-state index in [9.17, 15) is 0 Å². The minimum absolute atomic E-state index is 0.0653. The van der Waals surface area contributed by atoms with Gasteiger partial charge in [-0.15, -0.1) is 11.6 Å². The van der Waals surface area contributed by atoms with Crippen LogP contribution in [0.15, 0.2) is 6.33 Å². The molecule has 0 fully saturated rings. The molecular formula is C10H19ClN4. The van der Waals surface area contributed by atoms with Gasteiger partial charge in [0.2, 0.25) is 0 Å². The van der Waals surface area contributed by atoms with Crippen LogP contribution in [0, 0.1) is 0 Å². The van der Waals surface area contributed by atoms with Crippen molar-refractivity contribution < 1.29 is 0 Å². The highest BCUT2D eigenvalue weighted by Crippen LogP contribution is 2.15. The van der Waals surface area contributed by atoms with E-state index < -0.39 is 0 Å². The van der Waals surface area contributed by atoms with Crippen LogP contribution in [-0.2, 0) is 13.1 Å². The number of rotatable bonds is 5. The number of aromatic nitrogens is 3. The summed E-state index contributed by atoms with van der Waals surface area (Å²) in [5, 5.41) is 7.56. The largest absolute Gasteiger partial charge is 0.303 e. The molecule has 0 aliphatic rings. The molecule has 0 radical (unpaired) electrons. The third-order valence-electron chi connectivity index (χ3n) is 2.69. The number of nitrogens with zero attached hydrogens (tertiary/aromatic N) is 3. The lowest BCUT2D eigenvalue weighted by Gasteiger charge is -2.28. The number of halogens is 1. The topological polar surface area (TPSA) is 42.7 Å². The Bertz CT molecular complexity index is 306. The number of alkyl halides is 1. The molecule has 1 rings (SSSR count). The predicted molar refractivity (Wildman–Crippen MR) is 61.9 cm³/mol. The summed E-state index contributed by atoms with van der Waals surface area (Å²) in [7, 11) is 0. The Hall–Kier alpha value is -0.610. The summed E-state index contributed by atoms with van der Waals surface area (Å²) in [6.45, 7) is 9.73. The second-order valence-corrected chi connectivity index (χ2v) is 4.84. The van der Waals surface area contributed by atoms with Gasteiger partial charge in [-0.1, -0.05) is 0 Å². The fourth-order valence-corrected chi connectivity index (χ4v) is 1.21. The Kier molecular flexibility index (Phi) is 4.11. The summed E-state index contributed by atoms with van der Waals surface area (Å²) in [5.74, 6) is 0.947. The summed E-state index contributed by atoms with van der Waals surface area (Å²) >= 11 is 6.08. The zero-order valence-corrected chi connectivity index (χ0v) is 10.5. The molecule has 1 aromatic rings. The number of nitrogens with one attached hydrogen (secondary N) is 1. The van der Waals surface area contributed by atoms with Crippen LogP contribution in [0.2, 0.25) is 0 Å². The average Bonchev–Trinajstić information content (AvgIpc) is 2.61. The lowest BCUT2D eigenvalue weighted by molar-refractivity contribution is 0.370. The molecule has 0 saturated carbocycles. The molecule has 0 saturated heterocycles. The third kappa shape index (κ3) is 3.18. The van der Waals surface area contributed by atoms with Crippen molar-refractivity contribution in [2.24, 2.45) is 0 Å². The molecule has 1 heterocycles.